The molecule has 8 nitrogen and oxygen atoms in total. The molecule has 1 aromatic carbocycles. The lowest BCUT2D eigenvalue weighted by Crippen LogP contribution is -2.56. The van der Waals surface area contributed by atoms with E-state index in [4.69, 9.17) is 0 Å². The Balaban J connectivity index is 2.11. The van der Waals surface area contributed by atoms with Gasteiger partial charge < -0.3 is 15.5 Å². The monoisotopic (exact) mass is 471 g/mol. The van der Waals surface area contributed by atoms with E-state index in [-0.39, 0.29) is 30.1 Å². The van der Waals surface area contributed by atoms with Gasteiger partial charge in [-0.3, -0.25) is 24.0 Å². The molecule has 186 valence electrons. The third-order valence-electron chi connectivity index (χ3n) is 5.95. The van der Waals surface area contributed by atoms with Gasteiger partial charge >= 0.3 is 0 Å². The molecule has 8 heteroatoms. The van der Waals surface area contributed by atoms with Crippen LogP contribution in [0, 0.1) is 11.8 Å². The molecule has 2 rings (SSSR count). The zero-order valence-corrected chi connectivity index (χ0v) is 20.8. The molecule has 1 heterocycles. The van der Waals surface area contributed by atoms with Crippen LogP contribution in [0.5, 0.6) is 0 Å². The van der Waals surface area contributed by atoms with Crippen LogP contribution in [0.1, 0.15) is 59.4 Å². The standard InChI is InChI=1S/C26H37N3O5/c1-16(2)14-20(27-18(5)30)26(34)29-13-9-12-21(29)25(33)28-23(17(3)4)24(32)22(31)15-19-10-7-6-8-11-19/h6-8,10-11,16-17,20-21,23H,9,12-15H2,1-5H3,(H,27,30)(H,28,33)/t20-,21-,23-/m0/s1. The second kappa shape index (κ2) is 12.4. The quantitative estimate of drug-likeness (QED) is 0.480. The highest BCUT2D eigenvalue weighted by atomic mass is 16.2. The third-order valence-corrected chi connectivity index (χ3v) is 5.95. The summed E-state index contributed by atoms with van der Waals surface area (Å²) in [6, 6.07) is 6.57. The van der Waals surface area contributed by atoms with Gasteiger partial charge in [0.2, 0.25) is 29.3 Å². The number of nitrogens with zero attached hydrogens (tertiary/aromatic N) is 1. The van der Waals surface area contributed by atoms with Crippen LogP contribution in [0.25, 0.3) is 0 Å². The van der Waals surface area contributed by atoms with E-state index in [0.29, 0.717) is 25.8 Å². The van der Waals surface area contributed by atoms with E-state index in [0.717, 1.165) is 5.56 Å². The van der Waals surface area contributed by atoms with E-state index in [1.165, 1.54) is 11.8 Å². The maximum absolute atomic E-state index is 13.2. The second-order valence-corrected chi connectivity index (χ2v) is 9.75. The van der Waals surface area contributed by atoms with Gasteiger partial charge in [0.1, 0.15) is 12.1 Å². The number of ketones is 2. The van der Waals surface area contributed by atoms with Gasteiger partial charge in [-0.1, -0.05) is 58.0 Å². The van der Waals surface area contributed by atoms with Crippen LogP contribution in [0.15, 0.2) is 30.3 Å². The number of amides is 3. The lowest BCUT2D eigenvalue weighted by atomic mass is 9.94. The number of carbonyl (C=O) groups excluding carboxylic acids is 5. The van der Waals surface area contributed by atoms with Crippen LogP contribution >= 0.6 is 0 Å². The van der Waals surface area contributed by atoms with E-state index in [9.17, 15) is 24.0 Å². The van der Waals surface area contributed by atoms with Gasteiger partial charge in [0.25, 0.3) is 0 Å². The molecule has 0 aromatic heterocycles. The number of carbonyl (C=O) groups is 5. The number of Topliss-reactive ketones (excluding diaryl/α,β-unsaturated/α-hetero) is 2. The minimum atomic E-state index is -0.969. The lowest BCUT2D eigenvalue weighted by Gasteiger charge is -2.30. The van der Waals surface area contributed by atoms with Crippen molar-refractivity contribution in [3.63, 3.8) is 0 Å². The largest absolute Gasteiger partial charge is 0.345 e. The molecule has 1 aliphatic heterocycles. The Morgan fingerprint density at radius 3 is 2.21 bits per heavy atom. The fourth-order valence-corrected chi connectivity index (χ4v) is 4.27. The molecule has 1 fully saturated rings. The number of hydrogen-bond donors (Lipinski definition) is 2. The van der Waals surface area contributed by atoms with Gasteiger partial charge in [-0.2, -0.15) is 0 Å². The number of rotatable bonds is 11. The average Bonchev–Trinajstić information content (AvgIpc) is 3.25. The van der Waals surface area contributed by atoms with Crippen molar-refractivity contribution in [1.29, 1.82) is 0 Å². The Kier molecular flexibility index (Phi) is 9.96. The highest BCUT2D eigenvalue weighted by Crippen LogP contribution is 2.21. The van der Waals surface area contributed by atoms with E-state index in [1.54, 1.807) is 38.1 Å². The summed E-state index contributed by atoms with van der Waals surface area (Å²) >= 11 is 0. The summed E-state index contributed by atoms with van der Waals surface area (Å²) in [5.41, 5.74) is 0.733. The minimum Gasteiger partial charge on any atom is -0.345 e. The summed E-state index contributed by atoms with van der Waals surface area (Å²) < 4.78 is 0. The fraction of sp³-hybridized carbons (Fsp3) is 0.577. The normalized spacial score (nSPS) is 17.4. The van der Waals surface area contributed by atoms with Crippen molar-refractivity contribution in [3.8, 4) is 0 Å². The predicted molar refractivity (Wildman–Crippen MR) is 129 cm³/mol. The summed E-state index contributed by atoms with van der Waals surface area (Å²) in [4.78, 5) is 65.0. The minimum absolute atomic E-state index is 0.0274. The van der Waals surface area contributed by atoms with Crippen LogP contribution in [0.4, 0.5) is 0 Å². The van der Waals surface area contributed by atoms with E-state index < -0.39 is 35.6 Å². The Bertz CT molecular complexity index is 897. The Hall–Kier alpha value is -3.03. The lowest BCUT2D eigenvalue weighted by molar-refractivity contribution is -0.143. The first kappa shape index (κ1) is 27.2. The first-order chi connectivity index (χ1) is 16.0. The third kappa shape index (κ3) is 7.50. The first-order valence-electron chi connectivity index (χ1n) is 12.0. The van der Waals surface area contributed by atoms with Crippen molar-refractivity contribution in [2.75, 3.05) is 6.54 Å². The number of benzene rings is 1. The van der Waals surface area contributed by atoms with Gasteiger partial charge in [-0.05, 0) is 36.7 Å². The van der Waals surface area contributed by atoms with Crippen LogP contribution in [0.2, 0.25) is 0 Å². The Labute approximate surface area is 201 Å². The highest BCUT2D eigenvalue weighted by Gasteiger charge is 2.39. The van der Waals surface area contributed by atoms with Crippen molar-refractivity contribution in [2.45, 2.75) is 78.4 Å². The molecule has 3 atom stereocenters. The van der Waals surface area contributed by atoms with Crippen LogP contribution < -0.4 is 10.6 Å². The molecule has 1 aromatic rings. The molecule has 1 saturated heterocycles. The molecule has 0 aliphatic carbocycles. The SMILES string of the molecule is CC(=O)N[C@@H](CC(C)C)C(=O)N1CCC[C@H]1C(=O)N[C@H](C(=O)C(=O)Cc1ccccc1)C(C)C. The zero-order chi connectivity index (χ0) is 25.4. The maximum Gasteiger partial charge on any atom is 0.245 e. The molecular formula is C26H37N3O5. The maximum atomic E-state index is 13.2. The van der Waals surface area contributed by atoms with Gasteiger partial charge in [-0.25, -0.2) is 0 Å². The molecule has 0 radical (unpaired) electrons. The van der Waals surface area contributed by atoms with Crippen LogP contribution in [0.3, 0.4) is 0 Å². The van der Waals surface area contributed by atoms with Crippen LogP contribution in [-0.2, 0) is 30.4 Å². The van der Waals surface area contributed by atoms with E-state index >= 15 is 0 Å². The summed E-state index contributed by atoms with van der Waals surface area (Å²) in [5.74, 6) is -2.37. The van der Waals surface area contributed by atoms with Gasteiger partial charge in [0.05, 0.1) is 6.04 Å². The molecule has 34 heavy (non-hydrogen) atoms. The summed E-state index contributed by atoms with van der Waals surface area (Å²) in [6.45, 7) is 9.22. The molecule has 2 N–H and O–H groups in total. The zero-order valence-electron chi connectivity index (χ0n) is 20.8. The van der Waals surface area contributed by atoms with E-state index in [2.05, 4.69) is 10.6 Å². The van der Waals surface area contributed by atoms with Crippen LogP contribution in [-0.4, -0.2) is 58.9 Å². The van der Waals surface area contributed by atoms with Crippen molar-refractivity contribution in [1.82, 2.24) is 15.5 Å². The Morgan fingerprint density at radius 2 is 1.65 bits per heavy atom. The molecular weight excluding hydrogens is 434 g/mol. The Morgan fingerprint density at radius 1 is 1.00 bits per heavy atom. The van der Waals surface area contributed by atoms with Gasteiger partial charge in [0.15, 0.2) is 0 Å². The smallest absolute Gasteiger partial charge is 0.245 e. The molecule has 0 spiro atoms. The summed E-state index contributed by atoms with van der Waals surface area (Å²) in [5, 5.41) is 5.44. The summed E-state index contributed by atoms with van der Waals surface area (Å²) in [6.07, 6.45) is 1.54. The summed E-state index contributed by atoms with van der Waals surface area (Å²) in [7, 11) is 0. The second-order valence-electron chi connectivity index (χ2n) is 9.75. The molecule has 1 aliphatic rings. The van der Waals surface area contributed by atoms with Gasteiger partial charge in [-0.15, -0.1) is 0 Å². The van der Waals surface area contributed by atoms with Crippen molar-refractivity contribution in [2.24, 2.45) is 11.8 Å². The number of nitrogens with one attached hydrogen (secondary N) is 2. The molecule has 0 unspecified atom stereocenters. The molecule has 0 saturated carbocycles. The highest BCUT2D eigenvalue weighted by molar-refractivity contribution is 6.40. The average molecular weight is 472 g/mol. The predicted octanol–water partition coefficient (Wildman–Crippen LogP) is 2.05. The molecule has 0 bridgehead atoms. The van der Waals surface area contributed by atoms with Crippen molar-refractivity contribution >= 4 is 29.3 Å². The first-order valence-corrected chi connectivity index (χ1v) is 12.0. The van der Waals surface area contributed by atoms with Crippen molar-refractivity contribution in [3.05, 3.63) is 35.9 Å². The van der Waals surface area contributed by atoms with Crippen molar-refractivity contribution < 1.29 is 24.0 Å². The molecule has 3 amide bonds. The number of likely N-dealkylation sites (tertiary alicyclic amines) is 1. The fourth-order valence-electron chi connectivity index (χ4n) is 4.27. The number of hydrogen-bond acceptors (Lipinski definition) is 5. The van der Waals surface area contributed by atoms with Gasteiger partial charge in [0, 0.05) is 19.9 Å². The van der Waals surface area contributed by atoms with E-state index in [1.807, 2.05) is 19.9 Å². The topological polar surface area (TPSA) is 113 Å².